The van der Waals surface area contributed by atoms with Crippen molar-refractivity contribution in [2.45, 2.75) is 12.6 Å². The Balaban J connectivity index is 0.00000256. The smallest absolute Gasteiger partial charge is 0.373 e. The number of nitrogens with zero attached hydrogens (tertiary/aromatic N) is 1. The van der Waals surface area contributed by atoms with Crippen LogP contribution in [0.4, 0.5) is 24.7 Å². The van der Waals surface area contributed by atoms with E-state index >= 15 is 0 Å². The van der Waals surface area contributed by atoms with Gasteiger partial charge in [0.25, 0.3) is 0 Å². The molecule has 0 aliphatic heterocycles. The van der Waals surface area contributed by atoms with Gasteiger partial charge in [-0.1, -0.05) is 0 Å². The number of nitrogens with one attached hydrogen (secondary N) is 2. The molecule has 0 spiro atoms. The van der Waals surface area contributed by atoms with E-state index in [1.807, 2.05) is 0 Å². The van der Waals surface area contributed by atoms with Crippen LogP contribution in [0.25, 0.3) is 0 Å². The van der Waals surface area contributed by atoms with E-state index in [-0.39, 0.29) is 18.1 Å². The maximum Gasteiger partial charge on any atom is 0.397 e. The van der Waals surface area contributed by atoms with Gasteiger partial charge in [-0.25, -0.2) is 4.98 Å². The number of hydrogen-bond donors (Lipinski definition) is 2. The largest absolute Gasteiger partial charge is 0.397 e. The van der Waals surface area contributed by atoms with Crippen molar-refractivity contribution in [2.75, 3.05) is 17.7 Å². The molecule has 1 rings (SSSR count). The van der Waals surface area contributed by atoms with Crippen LogP contribution < -0.4 is 10.6 Å². The summed E-state index contributed by atoms with van der Waals surface area (Å²) < 4.78 is 35.5. The van der Waals surface area contributed by atoms with Crippen LogP contribution in [0.3, 0.4) is 0 Å². The first-order valence-corrected chi connectivity index (χ1v) is 4.41. The monoisotopic (exact) mass is 269 g/mol. The van der Waals surface area contributed by atoms with E-state index in [1.54, 1.807) is 13.1 Å². The van der Waals surface area contributed by atoms with Gasteiger partial charge in [-0.2, -0.15) is 13.2 Å². The van der Waals surface area contributed by atoms with Gasteiger partial charge in [-0.05, 0) is 12.1 Å². The zero-order valence-corrected chi connectivity index (χ0v) is 9.65. The average molecular weight is 270 g/mol. The molecule has 17 heavy (non-hydrogen) atoms. The average Bonchev–Trinajstić information content (AvgIpc) is 2.16. The zero-order valence-electron chi connectivity index (χ0n) is 8.84. The number of hydrogen-bond acceptors (Lipinski definition) is 3. The van der Waals surface area contributed by atoms with E-state index in [9.17, 15) is 18.0 Å². The normalized spacial score (nSPS) is 10.4. The van der Waals surface area contributed by atoms with Crippen LogP contribution in [-0.4, -0.2) is 24.1 Å². The van der Waals surface area contributed by atoms with Gasteiger partial charge < -0.3 is 10.6 Å². The summed E-state index contributed by atoms with van der Waals surface area (Å²) in [5.74, 6) is -0.541. The van der Waals surface area contributed by atoms with Gasteiger partial charge in [0.05, 0.1) is 11.9 Å². The van der Waals surface area contributed by atoms with E-state index in [1.165, 1.54) is 12.3 Å². The summed E-state index contributed by atoms with van der Waals surface area (Å²) in [6.07, 6.45) is -4.72. The molecule has 4 nitrogen and oxygen atoms in total. The minimum absolute atomic E-state index is 0. The second kappa shape index (κ2) is 6.29. The third-order valence-electron chi connectivity index (χ3n) is 1.66. The third kappa shape index (κ3) is 5.96. The topological polar surface area (TPSA) is 54.0 Å². The molecule has 0 aliphatic carbocycles. The summed E-state index contributed by atoms with van der Waals surface area (Å²) in [5.41, 5.74) is 0.230. The molecule has 96 valence electrons. The molecule has 0 fully saturated rings. The fraction of sp³-hybridized carbons (Fsp3) is 0.333. The number of aromatic nitrogens is 1. The van der Waals surface area contributed by atoms with E-state index in [0.29, 0.717) is 5.82 Å². The van der Waals surface area contributed by atoms with Gasteiger partial charge in [0.1, 0.15) is 12.2 Å². The zero-order chi connectivity index (χ0) is 12.2. The van der Waals surface area contributed by atoms with Crippen molar-refractivity contribution >= 4 is 29.8 Å². The van der Waals surface area contributed by atoms with Crippen molar-refractivity contribution in [3.8, 4) is 0 Å². The van der Waals surface area contributed by atoms with Gasteiger partial charge in [-0.3, -0.25) is 4.79 Å². The van der Waals surface area contributed by atoms with Crippen molar-refractivity contribution in [2.24, 2.45) is 0 Å². The van der Waals surface area contributed by atoms with Crippen LogP contribution in [0.15, 0.2) is 18.3 Å². The Bertz CT molecular complexity index is 367. The molecular formula is C9H11ClF3N3O. The van der Waals surface area contributed by atoms with Gasteiger partial charge >= 0.3 is 6.18 Å². The predicted molar refractivity (Wildman–Crippen MR) is 60.3 cm³/mol. The van der Waals surface area contributed by atoms with Crippen LogP contribution in [0.1, 0.15) is 6.42 Å². The van der Waals surface area contributed by atoms with Crippen molar-refractivity contribution < 1.29 is 18.0 Å². The number of amides is 1. The van der Waals surface area contributed by atoms with Gasteiger partial charge in [0, 0.05) is 7.05 Å². The summed E-state index contributed by atoms with van der Waals surface area (Å²) >= 11 is 0. The molecule has 2 N–H and O–H groups in total. The van der Waals surface area contributed by atoms with E-state index in [4.69, 9.17) is 0 Å². The molecule has 0 radical (unpaired) electrons. The molecule has 0 aromatic carbocycles. The first-order chi connectivity index (χ1) is 7.40. The Hall–Kier alpha value is -1.50. The van der Waals surface area contributed by atoms with Crippen molar-refractivity contribution in [1.82, 2.24) is 4.98 Å². The molecule has 1 aromatic rings. The molecule has 0 atom stereocenters. The summed E-state index contributed by atoms with van der Waals surface area (Å²) in [6.45, 7) is 0. The maximum atomic E-state index is 11.8. The van der Waals surface area contributed by atoms with Crippen molar-refractivity contribution in [1.29, 1.82) is 0 Å². The van der Waals surface area contributed by atoms with Crippen LogP contribution in [0, 0.1) is 0 Å². The van der Waals surface area contributed by atoms with Crippen LogP contribution in [-0.2, 0) is 4.79 Å². The number of carbonyl (C=O) groups is 1. The third-order valence-corrected chi connectivity index (χ3v) is 1.66. The minimum Gasteiger partial charge on any atom is -0.373 e. The lowest BCUT2D eigenvalue weighted by atomic mass is 10.3. The highest BCUT2D eigenvalue weighted by Crippen LogP contribution is 2.20. The van der Waals surface area contributed by atoms with Gasteiger partial charge in [0.2, 0.25) is 5.91 Å². The first kappa shape index (κ1) is 15.5. The molecule has 0 saturated carbocycles. The second-order valence-electron chi connectivity index (χ2n) is 3.02. The number of alkyl halides is 3. The highest BCUT2D eigenvalue weighted by atomic mass is 35.5. The number of anilines is 2. The molecule has 1 heterocycles. The Morgan fingerprint density at radius 1 is 1.41 bits per heavy atom. The Labute approximate surface area is 102 Å². The highest BCUT2D eigenvalue weighted by Gasteiger charge is 2.31. The molecule has 0 saturated heterocycles. The molecule has 1 aromatic heterocycles. The summed E-state index contributed by atoms with van der Waals surface area (Å²) in [4.78, 5) is 14.7. The van der Waals surface area contributed by atoms with Crippen LogP contribution in [0.2, 0.25) is 0 Å². The molecule has 1 amide bonds. The van der Waals surface area contributed by atoms with Gasteiger partial charge in [0.15, 0.2) is 0 Å². The standard InChI is InChI=1S/C9H10F3N3O.ClH/c1-13-7-3-2-6(5-14-7)15-8(16)4-9(10,11)12;/h2-3,5H,4H2,1H3,(H,13,14)(H,15,16);1H. The molecular weight excluding hydrogens is 259 g/mol. The Kier molecular flexibility index (Phi) is 5.73. The lowest BCUT2D eigenvalue weighted by Crippen LogP contribution is -2.21. The number of rotatable bonds is 3. The number of halogens is 4. The molecule has 8 heteroatoms. The predicted octanol–water partition coefficient (Wildman–Crippen LogP) is 2.44. The second-order valence-corrected chi connectivity index (χ2v) is 3.02. The maximum absolute atomic E-state index is 11.8. The summed E-state index contributed by atoms with van der Waals surface area (Å²) in [7, 11) is 1.66. The highest BCUT2D eigenvalue weighted by molar-refractivity contribution is 5.91. The van der Waals surface area contributed by atoms with E-state index in [2.05, 4.69) is 15.6 Å². The minimum atomic E-state index is -4.50. The quantitative estimate of drug-likeness (QED) is 0.886. The molecule has 0 bridgehead atoms. The van der Waals surface area contributed by atoms with E-state index in [0.717, 1.165) is 0 Å². The fourth-order valence-corrected chi connectivity index (χ4v) is 1.00. The van der Waals surface area contributed by atoms with Crippen molar-refractivity contribution in [3.05, 3.63) is 18.3 Å². The van der Waals surface area contributed by atoms with Crippen LogP contribution >= 0.6 is 12.4 Å². The number of carbonyl (C=O) groups excluding carboxylic acids is 1. The van der Waals surface area contributed by atoms with E-state index < -0.39 is 18.5 Å². The Morgan fingerprint density at radius 2 is 2.06 bits per heavy atom. The fourth-order valence-electron chi connectivity index (χ4n) is 1.00. The SMILES string of the molecule is CNc1ccc(NC(=O)CC(F)(F)F)cn1.Cl. The summed E-state index contributed by atoms with van der Waals surface area (Å²) in [6, 6.07) is 3.01. The van der Waals surface area contributed by atoms with Crippen LogP contribution in [0.5, 0.6) is 0 Å². The van der Waals surface area contributed by atoms with Crippen molar-refractivity contribution in [3.63, 3.8) is 0 Å². The number of pyridine rings is 1. The first-order valence-electron chi connectivity index (χ1n) is 4.41. The lowest BCUT2D eigenvalue weighted by Gasteiger charge is -2.07. The molecule has 0 aliphatic rings. The Morgan fingerprint density at radius 3 is 2.47 bits per heavy atom. The van der Waals surface area contributed by atoms with Gasteiger partial charge in [-0.15, -0.1) is 12.4 Å². The summed E-state index contributed by atoms with van der Waals surface area (Å²) in [5, 5.41) is 4.84. The molecule has 0 unspecified atom stereocenters. The lowest BCUT2D eigenvalue weighted by molar-refractivity contribution is -0.150.